The number of hydrogen-bond acceptors (Lipinski definition) is 7. The molecule has 0 aliphatic carbocycles. The van der Waals surface area contributed by atoms with Gasteiger partial charge in [0.2, 0.25) is 5.91 Å². The van der Waals surface area contributed by atoms with Crippen LogP contribution in [-0.4, -0.2) is 61.6 Å². The van der Waals surface area contributed by atoms with Gasteiger partial charge in [-0.3, -0.25) is 4.79 Å². The van der Waals surface area contributed by atoms with Crippen LogP contribution in [0.1, 0.15) is 20.3 Å². The van der Waals surface area contributed by atoms with Crippen LogP contribution in [0.15, 0.2) is 29.1 Å². The van der Waals surface area contributed by atoms with E-state index >= 15 is 0 Å². The van der Waals surface area contributed by atoms with E-state index in [0.717, 1.165) is 48.8 Å². The molecule has 1 aliphatic rings. The number of carbonyl (C=O) groups excluding carboxylic acids is 1. The van der Waals surface area contributed by atoms with Gasteiger partial charge in [-0.1, -0.05) is 13.8 Å². The van der Waals surface area contributed by atoms with Crippen LogP contribution in [-0.2, 0) is 4.79 Å². The van der Waals surface area contributed by atoms with Crippen LogP contribution in [0.2, 0.25) is 0 Å². The maximum atomic E-state index is 12.5. The fourth-order valence-electron chi connectivity index (χ4n) is 3.54. The van der Waals surface area contributed by atoms with Crippen LogP contribution in [0, 0.1) is 17.2 Å². The Morgan fingerprint density at radius 3 is 2.67 bits per heavy atom. The van der Waals surface area contributed by atoms with E-state index < -0.39 is 0 Å². The highest BCUT2D eigenvalue weighted by atomic mass is 32.1. The molecule has 160 valence electrons. The molecule has 0 bridgehead atoms. The molecule has 1 amide bonds. The van der Waals surface area contributed by atoms with Crippen LogP contribution in [0.25, 0.3) is 11.1 Å². The molecule has 2 N–H and O–H groups in total. The molecular weight excluding hydrogens is 396 g/mol. The number of amides is 1. The summed E-state index contributed by atoms with van der Waals surface area (Å²) in [6, 6.07) is 5.76. The fourth-order valence-corrected chi connectivity index (χ4v) is 4.34. The Bertz CT molecular complexity index is 864. The number of nitriles is 1. The maximum absolute atomic E-state index is 12.5. The first-order chi connectivity index (χ1) is 14.5. The molecule has 30 heavy (non-hydrogen) atoms. The SMILES string of the molecule is CC(C)C[C@H](Nc1cscc1-c1ccc(N2CCN(C)CC2)nc1)C(=O)NCC#N. The number of likely N-dealkylation sites (N-methyl/N-ethyl adjacent to an activating group) is 1. The van der Waals surface area contributed by atoms with Crippen molar-refractivity contribution in [3.63, 3.8) is 0 Å². The number of nitrogens with one attached hydrogen (secondary N) is 2. The number of carbonyl (C=O) groups is 1. The maximum Gasteiger partial charge on any atom is 0.243 e. The van der Waals surface area contributed by atoms with Crippen molar-refractivity contribution in [2.45, 2.75) is 26.3 Å². The lowest BCUT2D eigenvalue weighted by Crippen LogP contribution is -2.44. The Kier molecular flexibility index (Phi) is 7.66. The van der Waals surface area contributed by atoms with E-state index in [0.29, 0.717) is 12.3 Å². The van der Waals surface area contributed by atoms with Crippen molar-refractivity contribution in [1.29, 1.82) is 5.26 Å². The van der Waals surface area contributed by atoms with Crippen LogP contribution < -0.4 is 15.5 Å². The van der Waals surface area contributed by atoms with Crippen molar-refractivity contribution in [1.82, 2.24) is 15.2 Å². The Morgan fingerprint density at radius 2 is 2.03 bits per heavy atom. The zero-order valence-electron chi connectivity index (χ0n) is 17.9. The molecule has 3 heterocycles. The first kappa shape index (κ1) is 22.1. The van der Waals surface area contributed by atoms with E-state index in [1.807, 2.05) is 17.6 Å². The average molecular weight is 427 g/mol. The molecule has 1 atom stereocenters. The Balaban J connectivity index is 1.73. The summed E-state index contributed by atoms with van der Waals surface area (Å²) < 4.78 is 0. The van der Waals surface area contributed by atoms with Gasteiger partial charge in [-0.15, -0.1) is 11.3 Å². The van der Waals surface area contributed by atoms with Crippen molar-refractivity contribution < 1.29 is 4.79 Å². The van der Waals surface area contributed by atoms with Crippen LogP contribution >= 0.6 is 11.3 Å². The number of piperazine rings is 1. The zero-order valence-corrected chi connectivity index (χ0v) is 18.7. The molecule has 0 aromatic carbocycles. The number of rotatable bonds is 8. The zero-order chi connectivity index (χ0) is 21.5. The molecule has 0 saturated carbocycles. The van der Waals surface area contributed by atoms with Gasteiger partial charge in [-0.05, 0) is 31.5 Å². The first-order valence-electron chi connectivity index (χ1n) is 10.3. The minimum atomic E-state index is -0.385. The van der Waals surface area contributed by atoms with E-state index in [1.54, 1.807) is 11.3 Å². The average Bonchev–Trinajstić information content (AvgIpc) is 3.20. The summed E-state index contributed by atoms with van der Waals surface area (Å²) in [5, 5.41) is 18.9. The van der Waals surface area contributed by atoms with Gasteiger partial charge < -0.3 is 20.4 Å². The van der Waals surface area contributed by atoms with Gasteiger partial charge in [-0.25, -0.2) is 4.98 Å². The van der Waals surface area contributed by atoms with E-state index in [2.05, 4.69) is 58.8 Å². The number of nitrogens with zero attached hydrogens (tertiary/aromatic N) is 4. The molecule has 0 unspecified atom stereocenters. The molecule has 2 aromatic rings. The quantitative estimate of drug-likeness (QED) is 0.631. The van der Waals surface area contributed by atoms with Gasteiger partial charge in [0, 0.05) is 54.3 Å². The Labute approximate surface area is 182 Å². The predicted octanol–water partition coefficient (Wildman–Crippen LogP) is 3.03. The predicted molar refractivity (Wildman–Crippen MR) is 123 cm³/mol. The number of aromatic nitrogens is 1. The highest BCUT2D eigenvalue weighted by Gasteiger charge is 2.21. The second kappa shape index (κ2) is 10.4. The molecule has 1 saturated heterocycles. The summed E-state index contributed by atoms with van der Waals surface area (Å²) in [5.41, 5.74) is 2.99. The second-order valence-corrected chi connectivity index (χ2v) is 8.84. The van der Waals surface area contributed by atoms with E-state index in [9.17, 15) is 4.79 Å². The van der Waals surface area contributed by atoms with Gasteiger partial charge in [0.1, 0.15) is 18.4 Å². The molecule has 8 heteroatoms. The van der Waals surface area contributed by atoms with E-state index in [4.69, 9.17) is 10.2 Å². The summed E-state index contributed by atoms with van der Waals surface area (Å²) in [6.45, 7) is 8.26. The highest BCUT2D eigenvalue weighted by molar-refractivity contribution is 7.08. The smallest absolute Gasteiger partial charge is 0.243 e. The molecule has 0 radical (unpaired) electrons. The third kappa shape index (κ3) is 5.71. The standard InChI is InChI=1S/C22H30N6OS/c1-16(2)12-19(22(29)24-7-6-23)26-20-15-30-14-18(20)17-4-5-21(25-13-17)28-10-8-27(3)9-11-28/h4-5,13-16,19,26H,7-12H2,1-3H3,(H,24,29)/t19-/m0/s1. The Morgan fingerprint density at radius 1 is 1.27 bits per heavy atom. The van der Waals surface area contributed by atoms with Gasteiger partial charge in [-0.2, -0.15) is 5.26 Å². The van der Waals surface area contributed by atoms with Gasteiger partial charge >= 0.3 is 0 Å². The van der Waals surface area contributed by atoms with Crippen molar-refractivity contribution >= 4 is 28.7 Å². The minimum Gasteiger partial charge on any atom is -0.372 e. The normalized spacial score (nSPS) is 15.6. The second-order valence-electron chi connectivity index (χ2n) is 8.10. The topological polar surface area (TPSA) is 84.3 Å². The van der Waals surface area contributed by atoms with E-state index in [-0.39, 0.29) is 18.5 Å². The lowest BCUT2D eigenvalue weighted by atomic mass is 10.0. The first-order valence-corrected chi connectivity index (χ1v) is 11.3. The van der Waals surface area contributed by atoms with Crippen molar-refractivity contribution in [3.05, 3.63) is 29.1 Å². The van der Waals surface area contributed by atoms with Crippen LogP contribution in [0.3, 0.4) is 0 Å². The number of hydrogen-bond donors (Lipinski definition) is 2. The molecule has 0 spiro atoms. The monoisotopic (exact) mass is 426 g/mol. The summed E-state index contributed by atoms with van der Waals surface area (Å²) >= 11 is 1.59. The van der Waals surface area contributed by atoms with Crippen LogP contribution in [0.5, 0.6) is 0 Å². The molecular formula is C22H30N6OS. The number of thiophene rings is 1. The number of pyridine rings is 1. The molecule has 3 rings (SSSR count). The fraction of sp³-hybridized carbons (Fsp3) is 0.500. The minimum absolute atomic E-state index is 0.0171. The van der Waals surface area contributed by atoms with Gasteiger partial charge in [0.15, 0.2) is 0 Å². The third-order valence-corrected chi connectivity index (χ3v) is 5.99. The summed E-state index contributed by atoms with van der Waals surface area (Å²) in [7, 11) is 2.14. The van der Waals surface area contributed by atoms with Crippen molar-refractivity contribution in [2.75, 3.05) is 50.0 Å². The van der Waals surface area contributed by atoms with Crippen LogP contribution in [0.4, 0.5) is 11.5 Å². The highest BCUT2D eigenvalue weighted by Crippen LogP contribution is 2.33. The molecule has 1 fully saturated rings. The lowest BCUT2D eigenvalue weighted by Gasteiger charge is -2.33. The lowest BCUT2D eigenvalue weighted by molar-refractivity contribution is -0.121. The summed E-state index contributed by atoms with van der Waals surface area (Å²) in [6.07, 6.45) is 2.60. The largest absolute Gasteiger partial charge is 0.372 e. The summed E-state index contributed by atoms with van der Waals surface area (Å²) in [4.78, 5) is 21.9. The van der Waals surface area contributed by atoms with Crippen molar-refractivity contribution in [2.24, 2.45) is 5.92 Å². The molecule has 7 nitrogen and oxygen atoms in total. The third-order valence-electron chi connectivity index (χ3n) is 5.24. The molecule has 1 aliphatic heterocycles. The number of anilines is 2. The Hall–Kier alpha value is -2.63. The van der Waals surface area contributed by atoms with E-state index in [1.165, 1.54) is 0 Å². The van der Waals surface area contributed by atoms with Gasteiger partial charge in [0.25, 0.3) is 0 Å². The van der Waals surface area contributed by atoms with Gasteiger partial charge in [0.05, 0.1) is 11.8 Å². The summed E-state index contributed by atoms with van der Waals surface area (Å²) in [5.74, 6) is 1.21. The molecule has 2 aromatic heterocycles. The van der Waals surface area contributed by atoms with Crippen molar-refractivity contribution in [3.8, 4) is 17.2 Å².